The van der Waals surface area contributed by atoms with Crippen molar-refractivity contribution in [2.75, 3.05) is 26.2 Å². The van der Waals surface area contributed by atoms with Crippen molar-refractivity contribution in [1.82, 2.24) is 20.0 Å². The zero-order valence-corrected chi connectivity index (χ0v) is 14.1. The highest BCUT2D eigenvalue weighted by Gasteiger charge is 2.36. The van der Waals surface area contributed by atoms with Gasteiger partial charge in [0.2, 0.25) is 5.91 Å². The zero-order valence-electron chi connectivity index (χ0n) is 13.3. The number of aromatic nitrogens is 2. The maximum atomic E-state index is 12.9. The first kappa shape index (κ1) is 17.3. The fourth-order valence-electron chi connectivity index (χ4n) is 3.62. The van der Waals surface area contributed by atoms with Crippen molar-refractivity contribution >= 4 is 18.3 Å². The summed E-state index contributed by atoms with van der Waals surface area (Å²) in [6, 6.07) is 0. The summed E-state index contributed by atoms with van der Waals surface area (Å²) in [5, 5.41) is 7.65. The molecule has 0 saturated carbocycles. The largest absolute Gasteiger partial charge is 0.342 e. The number of likely N-dealkylation sites (tertiary alicyclic amines) is 1. The Morgan fingerprint density at radius 3 is 2.50 bits per heavy atom. The number of rotatable bonds is 2. The molecular weight excluding hydrogens is 300 g/mol. The molecule has 0 bridgehead atoms. The molecule has 1 amide bonds. The summed E-state index contributed by atoms with van der Waals surface area (Å²) < 4.78 is 1.82. The van der Waals surface area contributed by atoms with Gasteiger partial charge in [-0.15, -0.1) is 12.4 Å². The molecule has 0 aromatic carbocycles. The minimum atomic E-state index is 0. The Morgan fingerprint density at radius 2 is 1.86 bits per heavy atom. The van der Waals surface area contributed by atoms with Crippen molar-refractivity contribution in [3.05, 3.63) is 18.0 Å². The fraction of sp³-hybridized carbons (Fsp3) is 0.750. The number of nitrogens with zero attached hydrogens (tertiary/aromatic N) is 3. The molecule has 0 radical (unpaired) electrons. The summed E-state index contributed by atoms with van der Waals surface area (Å²) in [4.78, 5) is 15.0. The van der Waals surface area contributed by atoms with E-state index >= 15 is 0 Å². The number of halogens is 1. The van der Waals surface area contributed by atoms with E-state index in [0.29, 0.717) is 5.91 Å². The molecule has 2 fully saturated rings. The van der Waals surface area contributed by atoms with Gasteiger partial charge in [-0.25, -0.2) is 0 Å². The predicted octanol–water partition coefficient (Wildman–Crippen LogP) is 1.94. The third-order valence-corrected chi connectivity index (χ3v) is 4.85. The van der Waals surface area contributed by atoms with Gasteiger partial charge in [-0.05, 0) is 18.4 Å². The second kappa shape index (κ2) is 7.97. The van der Waals surface area contributed by atoms with Crippen LogP contribution in [0.2, 0.25) is 0 Å². The van der Waals surface area contributed by atoms with Crippen LogP contribution in [0.15, 0.2) is 12.4 Å². The molecule has 2 saturated heterocycles. The van der Waals surface area contributed by atoms with E-state index in [1.165, 1.54) is 24.8 Å². The number of nitrogens with one attached hydrogen (secondary N) is 1. The Bertz CT molecular complexity index is 482. The molecule has 6 heteroatoms. The van der Waals surface area contributed by atoms with Gasteiger partial charge < -0.3 is 10.2 Å². The van der Waals surface area contributed by atoms with Crippen molar-refractivity contribution < 1.29 is 4.79 Å². The number of hydrogen-bond acceptors (Lipinski definition) is 3. The van der Waals surface area contributed by atoms with Gasteiger partial charge in [0.25, 0.3) is 0 Å². The first-order chi connectivity index (χ1) is 10.3. The van der Waals surface area contributed by atoms with E-state index in [4.69, 9.17) is 0 Å². The Hall–Kier alpha value is -1.07. The van der Waals surface area contributed by atoms with Gasteiger partial charge in [-0.3, -0.25) is 9.48 Å². The molecule has 22 heavy (non-hydrogen) atoms. The van der Waals surface area contributed by atoms with Gasteiger partial charge in [0.1, 0.15) is 0 Å². The predicted molar refractivity (Wildman–Crippen MR) is 89.2 cm³/mol. The van der Waals surface area contributed by atoms with Crippen LogP contribution >= 0.6 is 12.4 Å². The fourth-order valence-corrected chi connectivity index (χ4v) is 3.62. The number of carbonyl (C=O) groups is 1. The molecule has 3 rings (SSSR count). The molecule has 2 atom stereocenters. The lowest BCUT2D eigenvalue weighted by atomic mass is 9.89. The number of amides is 1. The summed E-state index contributed by atoms with van der Waals surface area (Å²) in [6.45, 7) is 3.56. The Kier molecular flexibility index (Phi) is 6.26. The molecule has 0 aliphatic carbocycles. The topological polar surface area (TPSA) is 50.2 Å². The van der Waals surface area contributed by atoms with Gasteiger partial charge in [0, 0.05) is 45.3 Å². The SMILES string of the molecule is Cl.Cn1cc([C@H]2CNC[C@@H]2C(=O)N2CCCCCCC2)cn1. The third kappa shape index (κ3) is 3.82. The van der Waals surface area contributed by atoms with Crippen molar-refractivity contribution in [3.8, 4) is 0 Å². The van der Waals surface area contributed by atoms with Crippen molar-refractivity contribution in [2.45, 2.75) is 38.0 Å². The summed E-state index contributed by atoms with van der Waals surface area (Å²) in [6.07, 6.45) is 10.1. The van der Waals surface area contributed by atoms with E-state index in [9.17, 15) is 4.79 Å². The van der Waals surface area contributed by atoms with Crippen LogP contribution in [0.5, 0.6) is 0 Å². The maximum Gasteiger partial charge on any atom is 0.227 e. The molecule has 1 aromatic rings. The van der Waals surface area contributed by atoms with E-state index in [0.717, 1.165) is 39.0 Å². The molecule has 0 unspecified atom stereocenters. The van der Waals surface area contributed by atoms with E-state index in [2.05, 4.69) is 15.3 Å². The highest BCUT2D eigenvalue weighted by molar-refractivity contribution is 5.85. The van der Waals surface area contributed by atoms with Crippen molar-refractivity contribution in [3.63, 3.8) is 0 Å². The van der Waals surface area contributed by atoms with Crippen LogP contribution in [-0.2, 0) is 11.8 Å². The lowest BCUT2D eigenvalue weighted by Crippen LogP contribution is -2.40. The molecule has 1 aromatic heterocycles. The molecule has 2 aliphatic heterocycles. The van der Waals surface area contributed by atoms with Gasteiger partial charge in [0.05, 0.1) is 12.1 Å². The van der Waals surface area contributed by atoms with Crippen LogP contribution < -0.4 is 5.32 Å². The molecule has 2 aliphatic rings. The van der Waals surface area contributed by atoms with Gasteiger partial charge >= 0.3 is 0 Å². The van der Waals surface area contributed by atoms with Gasteiger partial charge in [-0.1, -0.05) is 19.3 Å². The highest BCUT2D eigenvalue weighted by atomic mass is 35.5. The lowest BCUT2D eigenvalue weighted by molar-refractivity contribution is -0.135. The standard InChI is InChI=1S/C16H26N4O.ClH/c1-19-12-13(9-18-19)14-10-17-11-15(14)16(21)20-7-5-3-2-4-6-8-20;/h9,12,14-15,17H,2-8,10-11H2,1H3;1H/t14-,15+;/m1./s1. The van der Waals surface area contributed by atoms with Gasteiger partial charge in [-0.2, -0.15) is 5.10 Å². The smallest absolute Gasteiger partial charge is 0.227 e. The Labute approximate surface area is 138 Å². The minimum Gasteiger partial charge on any atom is -0.342 e. The van der Waals surface area contributed by atoms with Crippen LogP contribution in [0.4, 0.5) is 0 Å². The highest BCUT2D eigenvalue weighted by Crippen LogP contribution is 2.29. The monoisotopic (exact) mass is 326 g/mol. The lowest BCUT2D eigenvalue weighted by Gasteiger charge is -2.29. The average molecular weight is 327 g/mol. The van der Waals surface area contributed by atoms with Crippen LogP contribution in [0.1, 0.15) is 43.6 Å². The third-order valence-electron chi connectivity index (χ3n) is 4.85. The summed E-state index contributed by atoms with van der Waals surface area (Å²) in [5.74, 6) is 0.695. The quantitative estimate of drug-likeness (QED) is 0.903. The van der Waals surface area contributed by atoms with E-state index in [1.807, 2.05) is 24.1 Å². The molecule has 3 heterocycles. The molecule has 1 N–H and O–H groups in total. The molecular formula is C16H27ClN4O. The normalized spacial score (nSPS) is 26.1. The maximum absolute atomic E-state index is 12.9. The van der Waals surface area contributed by atoms with Crippen molar-refractivity contribution in [2.24, 2.45) is 13.0 Å². The molecule has 124 valence electrons. The molecule has 5 nitrogen and oxygen atoms in total. The summed E-state index contributed by atoms with van der Waals surface area (Å²) in [7, 11) is 1.93. The van der Waals surface area contributed by atoms with Crippen LogP contribution in [-0.4, -0.2) is 46.8 Å². The minimum absolute atomic E-state index is 0. The van der Waals surface area contributed by atoms with Crippen LogP contribution in [0.3, 0.4) is 0 Å². The Morgan fingerprint density at radius 1 is 1.18 bits per heavy atom. The number of carbonyl (C=O) groups excluding carboxylic acids is 1. The second-order valence-corrected chi connectivity index (χ2v) is 6.41. The van der Waals surface area contributed by atoms with E-state index in [1.54, 1.807) is 0 Å². The summed E-state index contributed by atoms with van der Waals surface area (Å²) in [5.41, 5.74) is 1.19. The van der Waals surface area contributed by atoms with Crippen LogP contribution in [0, 0.1) is 5.92 Å². The first-order valence-electron chi connectivity index (χ1n) is 8.24. The Balaban J connectivity index is 0.00000176. The number of aryl methyl sites for hydroxylation is 1. The van der Waals surface area contributed by atoms with E-state index in [-0.39, 0.29) is 24.2 Å². The van der Waals surface area contributed by atoms with Crippen LogP contribution in [0.25, 0.3) is 0 Å². The number of hydrogen-bond donors (Lipinski definition) is 1. The molecule has 0 spiro atoms. The average Bonchev–Trinajstić information content (AvgIpc) is 3.05. The second-order valence-electron chi connectivity index (χ2n) is 6.41. The summed E-state index contributed by atoms with van der Waals surface area (Å²) >= 11 is 0. The first-order valence-corrected chi connectivity index (χ1v) is 8.24. The van der Waals surface area contributed by atoms with Gasteiger partial charge in [0.15, 0.2) is 0 Å². The van der Waals surface area contributed by atoms with E-state index < -0.39 is 0 Å². The zero-order chi connectivity index (χ0) is 14.7. The van der Waals surface area contributed by atoms with Crippen molar-refractivity contribution in [1.29, 1.82) is 0 Å².